The lowest BCUT2D eigenvalue weighted by Crippen LogP contribution is -2.47. The van der Waals surface area contributed by atoms with Gasteiger partial charge in [0.05, 0.1) is 6.61 Å². The molecule has 0 spiro atoms. The van der Waals surface area contributed by atoms with E-state index in [1.165, 1.54) is 5.75 Å². The molecule has 1 N–H and O–H groups in total. The molecule has 0 aliphatic carbocycles. The van der Waals surface area contributed by atoms with Gasteiger partial charge in [0, 0.05) is 6.04 Å². The van der Waals surface area contributed by atoms with Crippen molar-refractivity contribution >= 4 is 17.7 Å². The number of nitrogens with one attached hydrogen (secondary N) is 1. The van der Waals surface area contributed by atoms with E-state index in [4.69, 9.17) is 4.74 Å². The molecule has 0 aromatic heterocycles. The van der Waals surface area contributed by atoms with Gasteiger partial charge in [-0.2, -0.15) is 11.8 Å². The molecular formula is C12H23NO2S. The van der Waals surface area contributed by atoms with E-state index in [1.807, 2.05) is 18.7 Å². The van der Waals surface area contributed by atoms with Crippen LogP contribution in [0.2, 0.25) is 0 Å². The Hall–Kier alpha value is -0.220. The van der Waals surface area contributed by atoms with Gasteiger partial charge in [0.25, 0.3) is 0 Å². The average Bonchev–Trinajstić information content (AvgIpc) is 2.78. The summed E-state index contributed by atoms with van der Waals surface area (Å²) in [6, 6.07) is 0.268. The zero-order valence-corrected chi connectivity index (χ0v) is 11.3. The Morgan fingerprint density at radius 3 is 2.81 bits per heavy atom. The molecule has 0 amide bonds. The van der Waals surface area contributed by atoms with E-state index in [0.717, 1.165) is 18.6 Å². The fraction of sp³-hybridized carbons (Fsp3) is 0.917. The van der Waals surface area contributed by atoms with Gasteiger partial charge in [-0.25, -0.2) is 0 Å². The first-order chi connectivity index (χ1) is 7.69. The van der Waals surface area contributed by atoms with E-state index in [-0.39, 0.29) is 12.0 Å². The van der Waals surface area contributed by atoms with Crippen molar-refractivity contribution in [3.05, 3.63) is 0 Å². The molecule has 0 bridgehead atoms. The fourth-order valence-corrected chi connectivity index (χ4v) is 3.17. The highest BCUT2D eigenvalue weighted by atomic mass is 32.2. The van der Waals surface area contributed by atoms with E-state index in [0.29, 0.717) is 18.6 Å². The number of thioether (sulfide) groups is 1. The molecule has 0 saturated carbocycles. The predicted octanol–water partition coefficient (Wildman–Crippen LogP) is 2.06. The first kappa shape index (κ1) is 13.8. The average molecular weight is 245 g/mol. The van der Waals surface area contributed by atoms with Crippen LogP contribution in [0, 0.1) is 5.92 Å². The normalized spacial score (nSPS) is 24.1. The van der Waals surface area contributed by atoms with Crippen molar-refractivity contribution in [2.24, 2.45) is 5.92 Å². The zero-order valence-electron chi connectivity index (χ0n) is 10.5. The number of carbonyl (C=O) groups excluding carboxylic acids is 1. The number of esters is 1. The van der Waals surface area contributed by atoms with E-state index in [9.17, 15) is 4.79 Å². The third-order valence-corrected chi connectivity index (χ3v) is 4.24. The van der Waals surface area contributed by atoms with Gasteiger partial charge in [0.15, 0.2) is 0 Å². The Bertz CT molecular complexity index is 217. The third-order valence-electron chi connectivity index (χ3n) is 3.05. The maximum atomic E-state index is 11.9. The molecule has 1 fully saturated rings. The van der Waals surface area contributed by atoms with Gasteiger partial charge < -0.3 is 10.1 Å². The minimum Gasteiger partial charge on any atom is -0.465 e. The van der Waals surface area contributed by atoms with E-state index in [1.54, 1.807) is 0 Å². The van der Waals surface area contributed by atoms with Crippen molar-refractivity contribution in [2.75, 3.05) is 18.1 Å². The van der Waals surface area contributed by atoms with Crippen LogP contribution in [0.15, 0.2) is 0 Å². The molecule has 3 unspecified atom stereocenters. The van der Waals surface area contributed by atoms with Crippen LogP contribution in [0.4, 0.5) is 0 Å². The van der Waals surface area contributed by atoms with Crippen molar-refractivity contribution in [3.63, 3.8) is 0 Å². The fourth-order valence-electron chi connectivity index (χ4n) is 1.87. The summed E-state index contributed by atoms with van der Waals surface area (Å²) in [5.41, 5.74) is 0. The smallest absolute Gasteiger partial charge is 0.323 e. The molecule has 3 atom stereocenters. The summed E-state index contributed by atoms with van der Waals surface area (Å²) >= 11 is 1.93. The second-order valence-electron chi connectivity index (χ2n) is 4.33. The van der Waals surface area contributed by atoms with E-state index in [2.05, 4.69) is 19.2 Å². The number of carbonyl (C=O) groups is 1. The van der Waals surface area contributed by atoms with Crippen molar-refractivity contribution in [3.8, 4) is 0 Å². The van der Waals surface area contributed by atoms with Crippen LogP contribution in [-0.2, 0) is 9.53 Å². The molecule has 1 aliphatic heterocycles. The van der Waals surface area contributed by atoms with Gasteiger partial charge in [-0.15, -0.1) is 0 Å². The molecular weight excluding hydrogens is 222 g/mol. The molecule has 1 aliphatic rings. The van der Waals surface area contributed by atoms with Gasteiger partial charge in [0.1, 0.15) is 6.04 Å². The van der Waals surface area contributed by atoms with E-state index < -0.39 is 0 Å². The quantitative estimate of drug-likeness (QED) is 0.727. The third kappa shape index (κ3) is 3.98. The van der Waals surface area contributed by atoms with Crippen molar-refractivity contribution in [1.29, 1.82) is 0 Å². The summed E-state index contributed by atoms with van der Waals surface area (Å²) in [7, 11) is 0. The first-order valence-corrected chi connectivity index (χ1v) is 7.34. The van der Waals surface area contributed by atoms with Gasteiger partial charge in [-0.1, -0.05) is 6.92 Å². The summed E-state index contributed by atoms with van der Waals surface area (Å²) in [5.74, 6) is 2.61. The van der Waals surface area contributed by atoms with Crippen LogP contribution < -0.4 is 5.32 Å². The van der Waals surface area contributed by atoms with Crippen LogP contribution in [0.5, 0.6) is 0 Å². The molecule has 0 aromatic carbocycles. The summed E-state index contributed by atoms with van der Waals surface area (Å²) in [4.78, 5) is 11.9. The lowest BCUT2D eigenvalue weighted by molar-refractivity contribution is -0.147. The number of ether oxygens (including phenoxy) is 1. The van der Waals surface area contributed by atoms with Crippen LogP contribution in [0.25, 0.3) is 0 Å². The maximum Gasteiger partial charge on any atom is 0.323 e. The minimum atomic E-state index is -0.107. The Balaban J connectivity index is 2.56. The number of hydrogen-bond acceptors (Lipinski definition) is 4. The highest BCUT2D eigenvalue weighted by Gasteiger charge is 2.32. The Labute approximate surface area is 103 Å². The molecule has 4 heteroatoms. The lowest BCUT2D eigenvalue weighted by Gasteiger charge is -2.25. The molecule has 94 valence electrons. The SMILES string of the molecule is CCOC(=O)C(NC(C)CC)C1CCSC1. The number of hydrogen-bond donors (Lipinski definition) is 1. The monoisotopic (exact) mass is 245 g/mol. The van der Waals surface area contributed by atoms with Crippen molar-refractivity contribution in [2.45, 2.75) is 45.7 Å². The van der Waals surface area contributed by atoms with Crippen LogP contribution >= 0.6 is 11.8 Å². The second kappa shape index (κ2) is 7.17. The predicted molar refractivity (Wildman–Crippen MR) is 68.7 cm³/mol. The lowest BCUT2D eigenvalue weighted by atomic mass is 9.98. The molecule has 16 heavy (non-hydrogen) atoms. The molecule has 1 heterocycles. The Morgan fingerprint density at radius 2 is 2.31 bits per heavy atom. The summed E-state index contributed by atoms with van der Waals surface area (Å²) in [6.45, 7) is 6.58. The summed E-state index contributed by atoms with van der Waals surface area (Å²) in [5, 5.41) is 3.41. The molecule has 1 rings (SSSR count). The largest absolute Gasteiger partial charge is 0.465 e. The molecule has 1 saturated heterocycles. The number of rotatable bonds is 6. The maximum absolute atomic E-state index is 11.9. The Kier molecular flexibility index (Phi) is 6.21. The molecule has 0 aromatic rings. The highest BCUT2D eigenvalue weighted by Crippen LogP contribution is 2.27. The van der Waals surface area contributed by atoms with Gasteiger partial charge >= 0.3 is 5.97 Å². The highest BCUT2D eigenvalue weighted by molar-refractivity contribution is 7.99. The van der Waals surface area contributed by atoms with Crippen LogP contribution in [0.1, 0.15) is 33.6 Å². The van der Waals surface area contributed by atoms with E-state index >= 15 is 0 Å². The second-order valence-corrected chi connectivity index (χ2v) is 5.48. The standard InChI is InChI=1S/C12H23NO2S/c1-4-9(3)13-11(12(14)15-5-2)10-6-7-16-8-10/h9-11,13H,4-8H2,1-3H3. The van der Waals surface area contributed by atoms with Gasteiger partial charge in [0.2, 0.25) is 0 Å². The summed E-state index contributed by atoms with van der Waals surface area (Å²) < 4.78 is 5.15. The topological polar surface area (TPSA) is 38.3 Å². The van der Waals surface area contributed by atoms with Crippen LogP contribution in [-0.4, -0.2) is 36.2 Å². The van der Waals surface area contributed by atoms with Gasteiger partial charge in [-0.3, -0.25) is 4.79 Å². The minimum absolute atomic E-state index is 0.0738. The summed E-state index contributed by atoms with van der Waals surface area (Å²) in [6.07, 6.45) is 2.16. The molecule has 0 radical (unpaired) electrons. The molecule has 3 nitrogen and oxygen atoms in total. The van der Waals surface area contributed by atoms with Crippen LogP contribution in [0.3, 0.4) is 0 Å². The first-order valence-electron chi connectivity index (χ1n) is 6.19. The van der Waals surface area contributed by atoms with Crippen molar-refractivity contribution in [1.82, 2.24) is 5.32 Å². The van der Waals surface area contributed by atoms with Crippen molar-refractivity contribution < 1.29 is 9.53 Å². The Morgan fingerprint density at radius 1 is 1.56 bits per heavy atom. The zero-order chi connectivity index (χ0) is 12.0. The van der Waals surface area contributed by atoms with Gasteiger partial charge in [-0.05, 0) is 44.1 Å².